The first-order chi connectivity index (χ1) is 20.3. The molecule has 0 radical (unpaired) electrons. The van der Waals surface area contributed by atoms with Crippen LogP contribution in [0.25, 0.3) is 27.7 Å². The minimum absolute atomic E-state index is 0.0585. The van der Waals surface area contributed by atoms with E-state index >= 15 is 4.39 Å². The molecule has 0 unspecified atom stereocenters. The summed E-state index contributed by atoms with van der Waals surface area (Å²) in [5.74, 6) is -9.65. The largest absolute Gasteiger partial charge is 0.345 e. The molecule has 43 heavy (non-hydrogen) atoms. The molecule has 5 heterocycles. The molecule has 2 aliphatic heterocycles. The van der Waals surface area contributed by atoms with Gasteiger partial charge in [0.2, 0.25) is 5.67 Å². The molecule has 1 fully saturated rings. The second kappa shape index (κ2) is 9.10. The summed E-state index contributed by atoms with van der Waals surface area (Å²) in [6.45, 7) is -3.02. The lowest BCUT2D eigenvalue weighted by molar-refractivity contribution is -0.272. The van der Waals surface area contributed by atoms with Crippen molar-refractivity contribution < 1.29 is 35.9 Å². The summed E-state index contributed by atoms with van der Waals surface area (Å²) in [6, 6.07) is 6.93. The molecule has 2 amide bonds. The van der Waals surface area contributed by atoms with E-state index in [0.717, 1.165) is 10.5 Å². The van der Waals surface area contributed by atoms with Gasteiger partial charge >= 0.3 is 17.9 Å². The van der Waals surface area contributed by atoms with Crippen molar-refractivity contribution in [3.05, 3.63) is 71.6 Å². The fourth-order valence-electron chi connectivity index (χ4n) is 6.48. The van der Waals surface area contributed by atoms with E-state index in [2.05, 4.69) is 4.98 Å². The monoisotopic (exact) mass is 601 g/mol. The van der Waals surface area contributed by atoms with Gasteiger partial charge in [0.1, 0.15) is 11.5 Å². The number of piperidine rings is 1. The van der Waals surface area contributed by atoms with Crippen LogP contribution in [0.15, 0.2) is 48.9 Å². The quantitative estimate of drug-likeness (QED) is 0.267. The average Bonchev–Trinajstić information content (AvgIpc) is 3.59. The first-order valence-corrected chi connectivity index (χ1v) is 13.8. The number of hydrogen-bond donors (Lipinski definition) is 0. The van der Waals surface area contributed by atoms with E-state index in [1.807, 2.05) is 22.6 Å². The highest BCUT2D eigenvalue weighted by atomic mass is 19.3. The van der Waals surface area contributed by atoms with Gasteiger partial charge in [-0.25, -0.2) is 36.1 Å². The summed E-state index contributed by atoms with van der Waals surface area (Å²) in [7, 11) is 0. The second-order valence-electron chi connectivity index (χ2n) is 11.5. The highest BCUT2D eigenvalue weighted by molar-refractivity contribution is 6.31. The van der Waals surface area contributed by atoms with Crippen molar-refractivity contribution in [2.75, 3.05) is 19.6 Å². The molecular weight excluding hydrogens is 576 g/mol. The lowest BCUT2D eigenvalue weighted by Gasteiger charge is -2.46. The summed E-state index contributed by atoms with van der Waals surface area (Å²) >= 11 is 0. The van der Waals surface area contributed by atoms with Crippen molar-refractivity contribution in [3.8, 4) is 0 Å². The third-order valence-electron chi connectivity index (χ3n) is 8.86. The zero-order valence-electron chi connectivity index (χ0n) is 22.9. The van der Waals surface area contributed by atoms with Crippen LogP contribution in [-0.4, -0.2) is 72.7 Å². The molecule has 3 aromatic heterocycles. The molecule has 4 aromatic rings. The maximum absolute atomic E-state index is 15.1. The Kier molecular flexibility index (Phi) is 5.83. The SMILES string of the molecule is CC1(F)C(F)(F)CN(C(=O)N2CCn3cc(C4=C(c5cnc6ccccn56)C(=O)CC4)c4cc(F)cc(c43)C2)CC1(F)F. The molecule has 13 heteroatoms. The number of halogens is 6. The van der Waals surface area contributed by atoms with Crippen molar-refractivity contribution >= 4 is 39.5 Å². The predicted octanol–water partition coefficient (Wildman–Crippen LogP) is 5.95. The third-order valence-corrected chi connectivity index (χ3v) is 8.86. The number of imidazole rings is 1. The third kappa shape index (κ3) is 4.00. The molecular formula is C30H25F6N5O2. The predicted molar refractivity (Wildman–Crippen MR) is 145 cm³/mol. The number of urea groups is 1. The smallest absolute Gasteiger partial charge is 0.320 e. The Morgan fingerprint density at radius 2 is 1.72 bits per heavy atom. The molecule has 1 aromatic carbocycles. The van der Waals surface area contributed by atoms with Gasteiger partial charge in [-0.2, -0.15) is 0 Å². The number of carbonyl (C=O) groups excluding carboxylic acids is 2. The number of ketones is 1. The van der Waals surface area contributed by atoms with Crippen molar-refractivity contribution in [2.24, 2.45) is 0 Å². The molecule has 0 saturated carbocycles. The number of Topliss-reactive ketones (excluding diaryl/α,β-unsaturated/α-hetero) is 1. The fraction of sp³-hybridized carbons (Fsp3) is 0.367. The summed E-state index contributed by atoms with van der Waals surface area (Å²) in [5.41, 5.74) is -0.0213. The normalized spacial score (nSPS) is 21.2. The highest BCUT2D eigenvalue weighted by Crippen LogP contribution is 2.48. The summed E-state index contributed by atoms with van der Waals surface area (Å²) in [4.78, 5) is 32.2. The Morgan fingerprint density at radius 1 is 0.977 bits per heavy atom. The molecule has 7 rings (SSSR count). The molecule has 3 aliphatic rings. The molecule has 0 bridgehead atoms. The lowest BCUT2D eigenvalue weighted by Crippen LogP contribution is -2.69. The van der Waals surface area contributed by atoms with Gasteiger partial charge in [-0.3, -0.25) is 9.20 Å². The minimum Gasteiger partial charge on any atom is -0.345 e. The van der Waals surface area contributed by atoms with Gasteiger partial charge in [0, 0.05) is 55.0 Å². The van der Waals surface area contributed by atoms with Gasteiger partial charge in [-0.15, -0.1) is 0 Å². The van der Waals surface area contributed by atoms with Crippen LogP contribution in [-0.2, 0) is 17.9 Å². The van der Waals surface area contributed by atoms with E-state index in [9.17, 15) is 31.5 Å². The van der Waals surface area contributed by atoms with Crippen LogP contribution in [0, 0.1) is 5.82 Å². The molecule has 0 spiro atoms. The van der Waals surface area contributed by atoms with Crippen LogP contribution >= 0.6 is 0 Å². The van der Waals surface area contributed by atoms with E-state index in [-0.39, 0.29) is 43.7 Å². The number of rotatable bonds is 2. The number of pyridine rings is 1. The average molecular weight is 602 g/mol. The Balaban J connectivity index is 1.28. The van der Waals surface area contributed by atoms with Crippen molar-refractivity contribution in [2.45, 2.75) is 50.4 Å². The summed E-state index contributed by atoms with van der Waals surface area (Å²) in [5, 5.41) is 0.504. The van der Waals surface area contributed by atoms with Crippen LogP contribution in [0.3, 0.4) is 0 Å². The zero-order chi connectivity index (χ0) is 30.5. The number of benzene rings is 1. The van der Waals surface area contributed by atoms with Gasteiger partial charge in [0.05, 0.1) is 30.5 Å². The number of aromatic nitrogens is 3. The van der Waals surface area contributed by atoms with Gasteiger partial charge < -0.3 is 14.4 Å². The van der Waals surface area contributed by atoms with Crippen LogP contribution in [0.1, 0.15) is 36.6 Å². The second-order valence-corrected chi connectivity index (χ2v) is 11.5. The zero-order valence-corrected chi connectivity index (χ0v) is 22.9. The molecule has 0 N–H and O–H groups in total. The number of alkyl halides is 5. The van der Waals surface area contributed by atoms with E-state index in [0.29, 0.717) is 45.4 Å². The van der Waals surface area contributed by atoms with Gasteiger partial charge in [-0.1, -0.05) is 6.07 Å². The van der Waals surface area contributed by atoms with Gasteiger partial charge in [-0.05, 0) is 48.7 Å². The number of hydrogen-bond acceptors (Lipinski definition) is 3. The topological polar surface area (TPSA) is 62.9 Å². The first kappa shape index (κ1) is 27.5. The van der Waals surface area contributed by atoms with Crippen molar-refractivity contribution in [1.82, 2.24) is 23.8 Å². The molecule has 1 aliphatic carbocycles. The number of nitrogens with zero attached hydrogens (tertiary/aromatic N) is 5. The lowest BCUT2D eigenvalue weighted by atomic mass is 9.88. The van der Waals surface area contributed by atoms with Crippen LogP contribution in [0.2, 0.25) is 0 Å². The minimum atomic E-state index is -4.48. The highest BCUT2D eigenvalue weighted by Gasteiger charge is 2.71. The fourth-order valence-corrected chi connectivity index (χ4v) is 6.48. The van der Waals surface area contributed by atoms with Crippen LogP contribution in [0.4, 0.5) is 31.1 Å². The summed E-state index contributed by atoms with van der Waals surface area (Å²) < 4.78 is 90.8. The number of amides is 2. The Labute approximate surface area is 241 Å². The van der Waals surface area contributed by atoms with Crippen molar-refractivity contribution in [1.29, 1.82) is 0 Å². The van der Waals surface area contributed by atoms with E-state index < -0.39 is 42.5 Å². The first-order valence-electron chi connectivity index (χ1n) is 13.8. The Bertz CT molecular complexity index is 1850. The number of allylic oxidation sites excluding steroid dienone is 2. The molecule has 0 atom stereocenters. The van der Waals surface area contributed by atoms with E-state index in [1.54, 1.807) is 23.2 Å². The van der Waals surface area contributed by atoms with Gasteiger partial charge in [0.15, 0.2) is 5.78 Å². The van der Waals surface area contributed by atoms with E-state index in [1.165, 1.54) is 12.1 Å². The van der Waals surface area contributed by atoms with Crippen molar-refractivity contribution in [3.63, 3.8) is 0 Å². The molecule has 7 nitrogen and oxygen atoms in total. The Hall–Kier alpha value is -4.29. The Morgan fingerprint density at radius 3 is 2.47 bits per heavy atom. The molecule has 224 valence electrons. The van der Waals surface area contributed by atoms with E-state index in [4.69, 9.17) is 0 Å². The number of carbonyl (C=O) groups is 2. The van der Waals surface area contributed by atoms with Gasteiger partial charge in [0.25, 0.3) is 0 Å². The van der Waals surface area contributed by atoms with Crippen LogP contribution in [0.5, 0.6) is 0 Å². The maximum atomic E-state index is 15.1. The maximum Gasteiger partial charge on any atom is 0.320 e. The number of fused-ring (bicyclic) bond motifs is 1. The van der Waals surface area contributed by atoms with Crippen LogP contribution < -0.4 is 0 Å². The number of likely N-dealkylation sites (tertiary alicyclic amines) is 1. The molecule has 1 saturated heterocycles. The standard InChI is InChI=1S/C30H25F6N5O2/c1-28(32)29(33,34)15-40(16-30(28,35)36)27(43)39-9-8-38-14-21(20-11-18(31)10-17(13-39)26(20)38)19-5-6-23(42)25(19)22-12-37-24-4-2-3-7-41(22)24/h2-4,7,10-12,14H,5-6,8-9,13,15-16H2,1H3. The summed E-state index contributed by atoms with van der Waals surface area (Å²) in [6.07, 6.45) is 5.90.